The SMILES string of the molecule is CC[C@@H](NC(=O)/C(=C/c1cccs1)NC(=O)c1ccccc1C)c1ccc(OC)cc1. The van der Waals surface area contributed by atoms with Crippen molar-refractivity contribution in [3.05, 3.63) is 93.3 Å². The molecule has 160 valence electrons. The maximum absolute atomic E-state index is 13.2. The van der Waals surface area contributed by atoms with E-state index in [1.54, 1.807) is 25.3 Å². The van der Waals surface area contributed by atoms with Crippen molar-refractivity contribution in [3.8, 4) is 5.75 Å². The van der Waals surface area contributed by atoms with Gasteiger partial charge in [-0.15, -0.1) is 11.3 Å². The zero-order chi connectivity index (χ0) is 22.2. The summed E-state index contributed by atoms with van der Waals surface area (Å²) in [5.41, 5.74) is 2.56. The highest BCUT2D eigenvalue weighted by atomic mass is 32.1. The summed E-state index contributed by atoms with van der Waals surface area (Å²) in [5.74, 6) is 0.111. The van der Waals surface area contributed by atoms with Crippen LogP contribution < -0.4 is 15.4 Å². The van der Waals surface area contributed by atoms with Gasteiger partial charge in [0.25, 0.3) is 11.8 Å². The molecule has 0 aliphatic carbocycles. The van der Waals surface area contributed by atoms with Crippen LogP contribution in [0.3, 0.4) is 0 Å². The molecule has 0 radical (unpaired) electrons. The average Bonchev–Trinajstić information content (AvgIpc) is 3.30. The summed E-state index contributed by atoms with van der Waals surface area (Å²) < 4.78 is 5.21. The summed E-state index contributed by atoms with van der Waals surface area (Å²) in [7, 11) is 1.62. The number of benzene rings is 2. The minimum Gasteiger partial charge on any atom is -0.497 e. The van der Waals surface area contributed by atoms with Crippen molar-refractivity contribution < 1.29 is 14.3 Å². The van der Waals surface area contributed by atoms with Gasteiger partial charge in [0.05, 0.1) is 13.2 Å². The van der Waals surface area contributed by atoms with E-state index in [0.717, 1.165) is 21.8 Å². The number of hydrogen-bond donors (Lipinski definition) is 2. The first-order valence-electron chi connectivity index (χ1n) is 10.1. The number of carbonyl (C=O) groups excluding carboxylic acids is 2. The van der Waals surface area contributed by atoms with Gasteiger partial charge in [-0.25, -0.2) is 0 Å². The maximum atomic E-state index is 13.2. The van der Waals surface area contributed by atoms with Crippen LogP contribution in [0.4, 0.5) is 0 Å². The Morgan fingerprint density at radius 3 is 2.42 bits per heavy atom. The highest BCUT2D eigenvalue weighted by Gasteiger charge is 2.19. The molecule has 2 amide bonds. The van der Waals surface area contributed by atoms with Gasteiger partial charge in [-0.1, -0.05) is 43.3 Å². The first-order valence-corrected chi connectivity index (χ1v) is 11.0. The fraction of sp³-hybridized carbons (Fsp3) is 0.200. The molecule has 0 spiro atoms. The normalized spacial score (nSPS) is 12.2. The summed E-state index contributed by atoms with van der Waals surface area (Å²) in [6.45, 7) is 3.87. The molecule has 3 rings (SSSR count). The van der Waals surface area contributed by atoms with Gasteiger partial charge in [0.1, 0.15) is 11.4 Å². The minimum atomic E-state index is -0.335. The van der Waals surface area contributed by atoms with Crippen molar-refractivity contribution in [3.63, 3.8) is 0 Å². The maximum Gasteiger partial charge on any atom is 0.268 e. The molecule has 0 saturated heterocycles. The molecule has 1 atom stereocenters. The van der Waals surface area contributed by atoms with E-state index in [-0.39, 0.29) is 23.6 Å². The fourth-order valence-electron chi connectivity index (χ4n) is 3.18. The Morgan fingerprint density at radius 1 is 1.06 bits per heavy atom. The standard InChI is InChI=1S/C25H26N2O3S/c1-4-22(18-11-13-19(30-3)14-12-18)26-25(29)23(16-20-9-7-15-31-20)27-24(28)21-10-6-5-8-17(21)2/h5-16,22H,4H2,1-3H3,(H,26,29)(H,27,28)/b23-16-/t22-/m1/s1. The smallest absolute Gasteiger partial charge is 0.268 e. The molecule has 1 aromatic heterocycles. The third-order valence-corrected chi connectivity index (χ3v) is 5.76. The Morgan fingerprint density at radius 2 is 1.81 bits per heavy atom. The largest absolute Gasteiger partial charge is 0.497 e. The Hall–Kier alpha value is -3.38. The summed E-state index contributed by atoms with van der Waals surface area (Å²) in [6, 6.07) is 18.5. The van der Waals surface area contributed by atoms with Crippen LogP contribution in [0.5, 0.6) is 5.75 Å². The Bertz CT molecular complexity index is 1060. The van der Waals surface area contributed by atoms with Crippen LogP contribution in [0.25, 0.3) is 6.08 Å². The van der Waals surface area contributed by atoms with Crippen LogP contribution in [0.15, 0.2) is 71.7 Å². The molecular weight excluding hydrogens is 408 g/mol. The lowest BCUT2D eigenvalue weighted by atomic mass is 10.0. The number of amides is 2. The van der Waals surface area contributed by atoms with Crippen LogP contribution in [-0.4, -0.2) is 18.9 Å². The molecule has 0 aliphatic heterocycles. The second-order valence-corrected chi connectivity index (χ2v) is 8.03. The van der Waals surface area contributed by atoms with E-state index in [1.165, 1.54) is 11.3 Å². The van der Waals surface area contributed by atoms with Gasteiger partial charge in [0.15, 0.2) is 0 Å². The number of thiophene rings is 1. The lowest BCUT2D eigenvalue weighted by molar-refractivity contribution is -0.118. The molecular formula is C25H26N2O3S. The zero-order valence-electron chi connectivity index (χ0n) is 17.8. The molecule has 3 aromatic rings. The van der Waals surface area contributed by atoms with Crippen molar-refractivity contribution in [2.24, 2.45) is 0 Å². The van der Waals surface area contributed by atoms with E-state index in [2.05, 4.69) is 10.6 Å². The van der Waals surface area contributed by atoms with Gasteiger partial charge in [-0.3, -0.25) is 9.59 Å². The molecule has 1 heterocycles. The van der Waals surface area contributed by atoms with E-state index in [0.29, 0.717) is 12.0 Å². The van der Waals surface area contributed by atoms with Gasteiger partial charge in [0.2, 0.25) is 0 Å². The Kier molecular flexibility index (Phi) is 7.62. The molecule has 0 unspecified atom stereocenters. The van der Waals surface area contributed by atoms with Gasteiger partial charge in [-0.2, -0.15) is 0 Å². The van der Waals surface area contributed by atoms with Crippen LogP contribution in [0.1, 0.15) is 45.7 Å². The first kappa shape index (κ1) is 22.3. The molecule has 0 bridgehead atoms. The highest BCUT2D eigenvalue weighted by molar-refractivity contribution is 7.10. The lowest BCUT2D eigenvalue weighted by Gasteiger charge is -2.19. The third-order valence-electron chi connectivity index (χ3n) is 4.94. The third kappa shape index (κ3) is 5.83. The topological polar surface area (TPSA) is 67.4 Å². The number of rotatable bonds is 8. The number of methoxy groups -OCH3 is 1. The van der Waals surface area contributed by atoms with Crippen LogP contribution in [-0.2, 0) is 4.79 Å². The quantitative estimate of drug-likeness (QED) is 0.485. The fourth-order valence-corrected chi connectivity index (χ4v) is 3.84. The summed E-state index contributed by atoms with van der Waals surface area (Å²) in [5, 5.41) is 7.78. The van der Waals surface area contributed by atoms with Gasteiger partial charge < -0.3 is 15.4 Å². The van der Waals surface area contributed by atoms with Crippen molar-refractivity contribution in [2.75, 3.05) is 7.11 Å². The zero-order valence-corrected chi connectivity index (χ0v) is 18.7. The highest BCUT2D eigenvalue weighted by Crippen LogP contribution is 2.21. The first-order chi connectivity index (χ1) is 15.0. The monoisotopic (exact) mass is 434 g/mol. The number of ether oxygens (including phenoxy) is 1. The van der Waals surface area contributed by atoms with Crippen LogP contribution in [0.2, 0.25) is 0 Å². The van der Waals surface area contributed by atoms with Crippen molar-refractivity contribution in [1.82, 2.24) is 10.6 Å². The number of aryl methyl sites for hydroxylation is 1. The molecule has 31 heavy (non-hydrogen) atoms. The number of nitrogens with one attached hydrogen (secondary N) is 2. The van der Waals surface area contributed by atoms with Gasteiger partial charge in [-0.05, 0) is 60.2 Å². The van der Waals surface area contributed by atoms with E-state index in [9.17, 15) is 9.59 Å². The van der Waals surface area contributed by atoms with Crippen LogP contribution >= 0.6 is 11.3 Å². The Labute approximate surface area is 186 Å². The van der Waals surface area contributed by atoms with E-state index < -0.39 is 0 Å². The van der Waals surface area contributed by atoms with Crippen molar-refractivity contribution in [1.29, 1.82) is 0 Å². The number of carbonyl (C=O) groups is 2. The summed E-state index contributed by atoms with van der Waals surface area (Å²) in [6.07, 6.45) is 2.41. The van der Waals surface area contributed by atoms with E-state index in [1.807, 2.05) is 67.8 Å². The lowest BCUT2D eigenvalue weighted by Crippen LogP contribution is -2.36. The van der Waals surface area contributed by atoms with E-state index >= 15 is 0 Å². The van der Waals surface area contributed by atoms with Crippen molar-refractivity contribution >= 4 is 29.2 Å². The summed E-state index contributed by atoms with van der Waals surface area (Å²) in [4.78, 5) is 26.9. The average molecular weight is 435 g/mol. The number of hydrogen-bond acceptors (Lipinski definition) is 4. The minimum absolute atomic E-state index is 0.194. The van der Waals surface area contributed by atoms with Gasteiger partial charge >= 0.3 is 0 Å². The molecule has 6 heteroatoms. The van der Waals surface area contributed by atoms with Crippen molar-refractivity contribution in [2.45, 2.75) is 26.3 Å². The molecule has 2 N–H and O–H groups in total. The predicted molar refractivity (Wildman–Crippen MR) is 125 cm³/mol. The molecule has 5 nitrogen and oxygen atoms in total. The second kappa shape index (κ2) is 10.6. The molecule has 0 fully saturated rings. The molecule has 2 aromatic carbocycles. The molecule has 0 saturated carbocycles. The molecule has 0 aliphatic rings. The van der Waals surface area contributed by atoms with Crippen LogP contribution in [0, 0.1) is 6.92 Å². The summed E-state index contributed by atoms with van der Waals surface area (Å²) >= 11 is 1.50. The van der Waals surface area contributed by atoms with Gasteiger partial charge in [0, 0.05) is 10.4 Å². The predicted octanol–water partition coefficient (Wildman–Crippen LogP) is 5.10. The van der Waals surface area contributed by atoms with E-state index in [4.69, 9.17) is 4.74 Å². The second-order valence-electron chi connectivity index (χ2n) is 7.05. The Balaban J connectivity index is 1.83.